The fourth-order valence-electron chi connectivity index (χ4n) is 3.73. The van der Waals surface area contributed by atoms with Gasteiger partial charge < -0.3 is 5.32 Å². The lowest BCUT2D eigenvalue weighted by Crippen LogP contribution is -2.51. The molecule has 2 heterocycles. The number of aromatic nitrogens is 1. The normalized spacial score (nSPS) is 19.2. The monoisotopic (exact) mass is 419 g/mol. The lowest BCUT2D eigenvalue weighted by atomic mass is 9.72. The molecular weight excluding hydrogens is 398 g/mol. The molecule has 152 valence electrons. The number of rotatable bonds is 5. The summed E-state index contributed by atoms with van der Waals surface area (Å²) in [5, 5.41) is 6.04. The molecule has 1 saturated heterocycles. The summed E-state index contributed by atoms with van der Waals surface area (Å²) in [4.78, 5) is 40.7. The second kappa shape index (κ2) is 8.20. The number of benzene rings is 2. The second-order valence-electron chi connectivity index (χ2n) is 7.23. The van der Waals surface area contributed by atoms with Gasteiger partial charge in [-0.1, -0.05) is 31.2 Å². The van der Waals surface area contributed by atoms with E-state index in [1.165, 1.54) is 17.4 Å². The van der Waals surface area contributed by atoms with E-state index in [2.05, 4.69) is 15.6 Å². The molecular formula is C23H21N3O3S. The van der Waals surface area contributed by atoms with Crippen LogP contribution in [-0.2, 0) is 19.8 Å². The Labute approximate surface area is 178 Å². The Morgan fingerprint density at radius 1 is 1.20 bits per heavy atom. The first-order valence-electron chi connectivity index (χ1n) is 9.80. The third-order valence-corrected chi connectivity index (χ3v) is 6.46. The molecule has 2 N–H and O–H groups in total. The lowest BCUT2D eigenvalue weighted by Gasteiger charge is -2.35. The van der Waals surface area contributed by atoms with Gasteiger partial charge in [-0.2, -0.15) is 0 Å². The van der Waals surface area contributed by atoms with E-state index in [1.54, 1.807) is 18.2 Å². The zero-order valence-corrected chi connectivity index (χ0v) is 17.3. The van der Waals surface area contributed by atoms with E-state index in [-0.39, 0.29) is 17.7 Å². The van der Waals surface area contributed by atoms with Gasteiger partial charge in [0.25, 0.3) is 0 Å². The summed E-state index contributed by atoms with van der Waals surface area (Å²) >= 11 is 1.53. The second-order valence-corrected chi connectivity index (χ2v) is 8.29. The number of carbonyl (C=O) groups is 3. The Hall–Kier alpha value is -3.32. The molecule has 4 rings (SSSR count). The first-order valence-corrected chi connectivity index (χ1v) is 10.6. The topological polar surface area (TPSA) is 88.2 Å². The van der Waals surface area contributed by atoms with Crippen molar-refractivity contribution in [2.75, 3.05) is 5.32 Å². The lowest BCUT2D eigenvalue weighted by molar-refractivity contribution is -0.138. The number of hydrogen-bond acceptors (Lipinski definition) is 5. The van der Waals surface area contributed by atoms with Crippen molar-refractivity contribution in [3.63, 3.8) is 0 Å². The van der Waals surface area contributed by atoms with E-state index >= 15 is 0 Å². The van der Waals surface area contributed by atoms with Gasteiger partial charge >= 0.3 is 0 Å². The van der Waals surface area contributed by atoms with Crippen LogP contribution in [0.1, 0.15) is 36.8 Å². The van der Waals surface area contributed by atoms with Gasteiger partial charge in [0.2, 0.25) is 17.7 Å². The number of para-hydroxylation sites is 1. The SMILES string of the molecule is CCC1(c2ccc(NC(=O)/C=C/c3nc4ccccc4s3)cc2)CCC(=O)NC1=O. The standard InChI is InChI=1S/C23H21N3O3S/c1-2-23(14-13-20(28)26-22(23)29)15-7-9-16(10-8-15)24-19(27)11-12-21-25-17-5-3-4-6-18(17)30-21/h3-12H,2,13-14H2,1H3,(H,24,27)(H,26,28,29)/b12-11+. The predicted molar refractivity (Wildman–Crippen MR) is 118 cm³/mol. The Bertz CT molecular complexity index is 1120. The number of hydrogen-bond donors (Lipinski definition) is 2. The first kappa shape index (κ1) is 20.0. The maximum absolute atomic E-state index is 12.5. The molecule has 0 radical (unpaired) electrons. The summed E-state index contributed by atoms with van der Waals surface area (Å²) in [6.45, 7) is 1.94. The van der Waals surface area contributed by atoms with E-state index in [0.29, 0.717) is 24.9 Å². The highest BCUT2D eigenvalue weighted by molar-refractivity contribution is 7.19. The third kappa shape index (κ3) is 3.89. The van der Waals surface area contributed by atoms with E-state index in [0.717, 1.165) is 20.8 Å². The molecule has 2 aromatic carbocycles. The van der Waals surface area contributed by atoms with Gasteiger partial charge in [-0.15, -0.1) is 11.3 Å². The van der Waals surface area contributed by atoms with Crippen molar-refractivity contribution in [2.24, 2.45) is 0 Å². The van der Waals surface area contributed by atoms with Gasteiger partial charge in [-0.25, -0.2) is 4.98 Å². The van der Waals surface area contributed by atoms with Crippen LogP contribution < -0.4 is 10.6 Å². The summed E-state index contributed by atoms with van der Waals surface area (Å²) in [6.07, 6.45) is 4.57. The molecule has 0 aliphatic carbocycles. The molecule has 1 unspecified atom stereocenters. The number of thiazole rings is 1. The highest BCUT2D eigenvalue weighted by Crippen LogP contribution is 2.36. The third-order valence-electron chi connectivity index (χ3n) is 5.46. The molecule has 3 amide bonds. The molecule has 0 saturated carbocycles. The van der Waals surface area contributed by atoms with Crippen molar-refractivity contribution in [1.82, 2.24) is 10.3 Å². The molecule has 0 spiro atoms. The first-order chi connectivity index (χ1) is 14.5. The summed E-state index contributed by atoms with van der Waals surface area (Å²) in [5.41, 5.74) is 1.69. The van der Waals surface area contributed by atoms with Gasteiger partial charge in [0.1, 0.15) is 5.01 Å². The van der Waals surface area contributed by atoms with E-state index in [9.17, 15) is 14.4 Å². The molecule has 1 aliphatic rings. The van der Waals surface area contributed by atoms with Crippen LogP contribution in [0.25, 0.3) is 16.3 Å². The minimum atomic E-state index is -0.705. The van der Waals surface area contributed by atoms with Crippen LogP contribution in [0.4, 0.5) is 5.69 Å². The molecule has 1 aliphatic heterocycles. The van der Waals surface area contributed by atoms with Gasteiger partial charge in [0.05, 0.1) is 15.6 Å². The summed E-state index contributed by atoms with van der Waals surface area (Å²) in [5.74, 6) is -0.738. The van der Waals surface area contributed by atoms with Crippen LogP contribution in [0.3, 0.4) is 0 Å². The number of nitrogens with zero attached hydrogens (tertiary/aromatic N) is 1. The smallest absolute Gasteiger partial charge is 0.248 e. The number of carbonyl (C=O) groups excluding carboxylic acids is 3. The summed E-state index contributed by atoms with van der Waals surface area (Å²) in [7, 11) is 0. The highest BCUT2D eigenvalue weighted by Gasteiger charge is 2.42. The molecule has 1 aromatic heterocycles. The van der Waals surface area contributed by atoms with Crippen LogP contribution in [0.2, 0.25) is 0 Å². The number of fused-ring (bicyclic) bond motifs is 1. The molecule has 7 heteroatoms. The maximum atomic E-state index is 12.5. The average Bonchev–Trinajstić information content (AvgIpc) is 3.17. The average molecular weight is 420 g/mol. The largest absolute Gasteiger partial charge is 0.323 e. The van der Waals surface area contributed by atoms with Crippen LogP contribution in [0.5, 0.6) is 0 Å². The molecule has 30 heavy (non-hydrogen) atoms. The molecule has 0 bridgehead atoms. The fraction of sp³-hybridized carbons (Fsp3) is 0.217. The van der Waals surface area contributed by atoms with Crippen LogP contribution in [-0.4, -0.2) is 22.7 Å². The van der Waals surface area contributed by atoms with Crippen LogP contribution >= 0.6 is 11.3 Å². The van der Waals surface area contributed by atoms with Crippen LogP contribution in [0, 0.1) is 0 Å². The predicted octanol–water partition coefficient (Wildman–Crippen LogP) is 4.03. The Balaban J connectivity index is 1.44. The van der Waals surface area contributed by atoms with Crippen molar-refractivity contribution in [2.45, 2.75) is 31.6 Å². The molecule has 3 aromatic rings. The summed E-state index contributed by atoms with van der Waals surface area (Å²) in [6, 6.07) is 15.1. The zero-order chi connectivity index (χ0) is 21.1. The van der Waals surface area contributed by atoms with Gasteiger partial charge in [0, 0.05) is 18.2 Å². The number of amides is 3. The number of imide groups is 1. The molecule has 1 atom stereocenters. The van der Waals surface area contributed by atoms with Gasteiger partial charge in [-0.3, -0.25) is 19.7 Å². The molecule has 1 fully saturated rings. The Kier molecular flexibility index (Phi) is 5.46. The Morgan fingerprint density at radius 2 is 1.97 bits per heavy atom. The van der Waals surface area contributed by atoms with Crippen LogP contribution in [0.15, 0.2) is 54.6 Å². The van der Waals surface area contributed by atoms with Crippen molar-refractivity contribution in [3.05, 3.63) is 65.2 Å². The van der Waals surface area contributed by atoms with Crippen molar-refractivity contribution >= 4 is 51.0 Å². The van der Waals surface area contributed by atoms with Gasteiger partial charge in [-0.05, 0) is 48.7 Å². The summed E-state index contributed by atoms with van der Waals surface area (Å²) < 4.78 is 1.08. The van der Waals surface area contributed by atoms with E-state index in [4.69, 9.17) is 0 Å². The minimum absolute atomic E-state index is 0.229. The molecule has 6 nitrogen and oxygen atoms in total. The Morgan fingerprint density at radius 3 is 2.67 bits per heavy atom. The minimum Gasteiger partial charge on any atom is -0.323 e. The number of anilines is 1. The van der Waals surface area contributed by atoms with Crippen molar-refractivity contribution in [1.29, 1.82) is 0 Å². The number of nitrogens with one attached hydrogen (secondary N) is 2. The van der Waals surface area contributed by atoms with Crippen molar-refractivity contribution < 1.29 is 14.4 Å². The highest BCUT2D eigenvalue weighted by atomic mass is 32.1. The fourth-order valence-corrected chi connectivity index (χ4v) is 4.60. The van der Waals surface area contributed by atoms with Gasteiger partial charge in [0.15, 0.2) is 0 Å². The van der Waals surface area contributed by atoms with Crippen molar-refractivity contribution in [3.8, 4) is 0 Å². The maximum Gasteiger partial charge on any atom is 0.248 e. The van der Waals surface area contributed by atoms with E-state index < -0.39 is 5.41 Å². The van der Waals surface area contributed by atoms with E-state index in [1.807, 2.05) is 43.3 Å². The quantitative estimate of drug-likeness (QED) is 0.483. The number of piperidine rings is 1. The zero-order valence-electron chi connectivity index (χ0n) is 16.5.